The van der Waals surface area contributed by atoms with Gasteiger partial charge in [-0.15, -0.1) is 35.3 Å². The van der Waals surface area contributed by atoms with Crippen LogP contribution in [0.2, 0.25) is 0 Å². The third kappa shape index (κ3) is 5.97. The van der Waals surface area contributed by atoms with Crippen molar-refractivity contribution in [2.75, 3.05) is 0 Å². The number of guanidine groups is 1. The SMILES string of the molecule is I.NC(=NCc1nc(C(F)(F)F)cs1)NC1CCCCC1. The monoisotopic (exact) mass is 434 g/mol. The van der Waals surface area contributed by atoms with Crippen molar-refractivity contribution in [3.8, 4) is 0 Å². The zero-order valence-electron chi connectivity index (χ0n) is 11.3. The second kappa shape index (κ2) is 8.16. The molecule has 4 nitrogen and oxygen atoms in total. The number of nitrogens with zero attached hydrogens (tertiary/aromatic N) is 2. The normalized spacial score (nSPS) is 17.4. The van der Waals surface area contributed by atoms with Crippen LogP contribution in [0.5, 0.6) is 0 Å². The molecule has 0 radical (unpaired) electrons. The quantitative estimate of drug-likeness (QED) is 0.435. The van der Waals surface area contributed by atoms with Crippen LogP contribution in [0.1, 0.15) is 42.8 Å². The second-order valence-corrected chi connectivity index (χ2v) is 5.75. The molecule has 0 atom stereocenters. The van der Waals surface area contributed by atoms with Crippen molar-refractivity contribution < 1.29 is 13.2 Å². The summed E-state index contributed by atoms with van der Waals surface area (Å²) in [6, 6.07) is 0.328. The highest BCUT2D eigenvalue weighted by Gasteiger charge is 2.33. The van der Waals surface area contributed by atoms with Gasteiger partial charge in [-0.2, -0.15) is 13.2 Å². The Morgan fingerprint density at radius 3 is 2.62 bits per heavy atom. The zero-order valence-corrected chi connectivity index (χ0v) is 14.5. The summed E-state index contributed by atoms with van der Waals surface area (Å²) >= 11 is 0.943. The minimum absolute atomic E-state index is 0. The lowest BCUT2D eigenvalue weighted by atomic mass is 9.96. The van der Waals surface area contributed by atoms with Crippen LogP contribution in [-0.4, -0.2) is 17.0 Å². The van der Waals surface area contributed by atoms with E-state index in [-0.39, 0.29) is 36.5 Å². The van der Waals surface area contributed by atoms with Crippen molar-refractivity contribution in [3.05, 3.63) is 16.1 Å². The fraction of sp³-hybridized carbons (Fsp3) is 0.667. The van der Waals surface area contributed by atoms with Gasteiger partial charge in [-0.1, -0.05) is 19.3 Å². The molecule has 1 aromatic heterocycles. The number of aliphatic imine (C=N–C) groups is 1. The first-order valence-electron chi connectivity index (χ1n) is 6.53. The molecule has 0 unspecified atom stereocenters. The van der Waals surface area contributed by atoms with E-state index in [4.69, 9.17) is 5.73 Å². The van der Waals surface area contributed by atoms with Gasteiger partial charge in [0.2, 0.25) is 0 Å². The third-order valence-corrected chi connectivity index (χ3v) is 4.02. The molecule has 1 aromatic rings. The highest BCUT2D eigenvalue weighted by Crippen LogP contribution is 2.30. The van der Waals surface area contributed by atoms with Gasteiger partial charge in [0.25, 0.3) is 0 Å². The molecule has 2 rings (SSSR count). The summed E-state index contributed by atoms with van der Waals surface area (Å²) in [6.45, 7) is 0.0757. The molecule has 0 aromatic carbocycles. The van der Waals surface area contributed by atoms with Gasteiger partial charge in [-0.25, -0.2) is 9.98 Å². The fourth-order valence-electron chi connectivity index (χ4n) is 2.17. The van der Waals surface area contributed by atoms with Crippen LogP contribution in [0.15, 0.2) is 10.4 Å². The van der Waals surface area contributed by atoms with Crippen LogP contribution >= 0.6 is 35.3 Å². The predicted molar refractivity (Wildman–Crippen MR) is 87.9 cm³/mol. The lowest BCUT2D eigenvalue weighted by Gasteiger charge is -2.23. The predicted octanol–water partition coefficient (Wildman–Crippen LogP) is 3.52. The lowest BCUT2D eigenvalue weighted by Crippen LogP contribution is -2.41. The first kappa shape index (κ1) is 18.5. The Kier molecular flexibility index (Phi) is 7.17. The topological polar surface area (TPSA) is 63.3 Å². The van der Waals surface area contributed by atoms with Crippen LogP contribution < -0.4 is 11.1 Å². The molecule has 9 heteroatoms. The molecule has 0 bridgehead atoms. The van der Waals surface area contributed by atoms with Gasteiger partial charge >= 0.3 is 6.18 Å². The number of aromatic nitrogens is 1. The van der Waals surface area contributed by atoms with E-state index in [0.29, 0.717) is 11.0 Å². The first-order valence-corrected chi connectivity index (χ1v) is 7.41. The van der Waals surface area contributed by atoms with Gasteiger partial charge in [0.15, 0.2) is 11.7 Å². The molecule has 0 aliphatic heterocycles. The molecule has 0 spiro atoms. The number of thiazole rings is 1. The number of halogens is 4. The van der Waals surface area contributed by atoms with Crippen LogP contribution in [0, 0.1) is 0 Å². The summed E-state index contributed by atoms with van der Waals surface area (Å²) in [7, 11) is 0. The molecule has 3 N–H and O–H groups in total. The van der Waals surface area contributed by atoms with Gasteiger partial charge in [0.05, 0.1) is 6.54 Å². The minimum Gasteiger partial charge on any atom is -0.370 e. The Labute approximate surface area is 142 Å². The van der Waals surface area contributed by atoms with Gasteiger partial charge in [0, 0.05) is 11.4 Å². The standard InChI is InChI=1S/C12H17F3N4S.HI/c13-12(14,15)9-7-20-10(19-9)6-17-11(16)18-8-4-2-1-3-5-8;/h7-8H,1-6H2,(H3,16,17,18);1H. The van der Waals surface area contributed by atoms with Crippen molar-refractivity contribution in [3.63, 3.8) is 0 Å². The Hall–Kier alpha value is -0.580. The zero-order chi connectivity index (χ0) is 14.6. The molecule has 1 aliphatic rings. The molecule has 1 saturated carbocycles. The van der Waals surface area contributed by atoms with E-state index in [1.807, 2.05) is 0 Å². The molecule has 0 saturated heterocycles. The highest BCUT2D eigenvalue weighted by atomic mass is 127. The number of rotatable bonds is 3. The number of hydrogen-bond donors (Lipinski definition) is 2. The molecule has 1 heterocycles. The number of nitrogens with two attached hydrogens (primary N) is 1. The van der Waals surface area contributed by atoms with E-state index >= 15 is 0 Å². The Balaban J connectivity index is 0.00000220. The Morgan fingerprint density at radius 1 is 1.38 bits per heavy atom. The van der Waals surface area contributed by atoms with Crippen molar-refractivity contribution in [2.24, 2.45) is 10.7 Å². The summed E-state index contributed by atoms with van der Waals surface area (Å²) in [5.41, 5.74) is 4.87. The average Bonchev–Trinajstić information content (AvgIpc) is 2.86. The summed E-state index contributed by atoms with van der Waals surface area (Å²) in [4.78, 5) is 7.55. The maximum Gasteiger partial charge on any atom is 0.434 e. The number of nitrogens with one attached hydrogen (secondary N) is 1. The first-order chi connectivity index (χ1) is 9.45. The highest BCUT2D eigenvalue weighted by molar-refractivity contribution is 14.0. The summed E-state index contributed by atoms with van der Waals surface area (Å²) in [5.74, 6) is 0.278. The van der Waals surface area contributed by atoms with E-state index in [1.165, 1.54) is 19.3 Å². The number of alkyl halides is 3. The smallest absolute Gasteiger partial charge is 0.370 e. The summed E-state index contributed by atoms with van der Waals surface area (Å²) in [5, 5.41) is 4.41. The lowest BCUT2D eigenvalue weighted by molar-refractivity contribution is -0.140. The second-order valence-electron chi connectivity index (χ2n) is 4.80. The van der Waals surface area contributed by atoms with Gasteiger partial charge < -0.3 is 11.1 Å². The molecule has 1 aliphatic carbocycles. The van der Waals surface area contributed by atoms with Crippen molar-refractivity contribution in [1.29, 1.82) is 0 Å². The van der Waals surface area contributed by atoms with Crippen molar-refractivity contribution in [1.82, 2.24) is 10.3 Å². The van der Waals surface area contributed by atoms with E-state index in [9.17, 15) is 13.2 Å². The Morgan fingerprint density at radius 2 is 2.05 bits per heavy atom. The summed E-state index contributed by atoms with van der Waals surface area (Å²) < 4.78 is 37.1. The van der Waals surface area contributed by atoms with Crippen LogP contribution in [-0.2, 0) is 12.7 Å². The van der Waals surface area contributed by atoms with Gasteiger partial charge in [-0.3, -0.25) is 0 Å². The van der Waals surface area contributed by atoms with E-state index < -0.39 is 11.9 Å². The van der Waals surface area contributed by atoms with E-state index in [2.05, 4.69) is 15.3 Å². The molecule has 0 amide bonds. The molecule has 21 heavy (non-hydrogen) atoms. The van der Waals surface area contributed by atoms with Crippen LogP contribution in [0.3, 0.4) is 0 Å². The fourth-order valence-corrected chi connectivity index (χ4v) is 2.89. The maximum atomic E-state index is 12.4. The molecular weight excluding hydrogens is 416 g/mol. The Bertz CT molecular complexity index is 469. The third-order valence-electron chi connectivity index (χ3n) is 3.18. The molecule has 1 fully saturated rings. The van der Waals surface area contributed by atoms with Gasteiger partial charge in [-0.05, 0) is 12.8 Å². The van der Waals surface area contributed by atoms with E-state index in [0.717, 1.165) is 29.6 Å². The van der Waals surface area contributed by atoms with Crippen molar-refractivity contribution >= 4 is 41.3 Å². The largest absolute Gasteiger partial charge is 0.434 e. The van der Waals surface area contributed by atoms with Crippen LogP contribution in [0.25, 0.3) is 0 Å². The number of hydrogen-bond acceptors (Lipinski definition) is 3. The van der Waals surface area contributed by atoms with Crippen LogP contribution in [0.4, 0.5) is 13.2 Å². The molecular formula is C12H18F3IN4S. The van der Waals surface area contributed by atoms with Gasteiger partial charge in [0.1, 0.15) is 5.01 Å². The average molecular weight is 434 g/mol. The van der Waals surface area contributed by atoms with Crippen molar-refractivity contribution in [2.45, 2.75) is 50.9 Å². The summed E-state index contributed by atoms with van der Waals surface area (Å²) in [6.07, 6.45) is 1.31. The van der Waals surface area contributed by atoms with E-state index in [1.54, 1.807) is 0 Å². The minimum atomic E-state index is -4.40. The maximum absolute atomic E-state index is 12.4. The molecule has 120 valence electrons.